The molecular weight excluding hydrogens is 363 g/mol. The van der Waals surface area contributed by atoms with Crippen molar-refractivity contribution in [1.82, 2.24) is 0 Å². The first kappa shape index (κ1) is 20.2. The minimum absolute atomic E-state index is 0.500. The Balaban J connectivity index is 0.00000117. The summed E-state index contributed by atoms with van der Waals surface area (Å²) < 4.78 is 5.74. The molecule has 0 saturated heterocycles. The van der Waals surface area contributed by atoms with E-state index in [9.17, 15) is 4.79 Å². The van der Waals surface area contributed by atoms with Crippen LogP contribution in [0, 0.1) is 0 Å². The monoisotopic (exact) mass is 384 g/mol. The molecule has 0 saturated carbocycles. The summed E-state index contributed by atoms with van der Waals surface area (Å²) in [6.45, 7) is 1.92. The van der Waals surface area contributed by atoms with Gasteiger partial charge in [0.2, 0.25) is 0 Å². The second-order valence-corrected chi connectivity index (χ2v) is 5.87. The summed E-state index contributed by atoms with van der Waals surface area (Å²) in [5.74, 6) is 0. The van der Waals surface area contributed by atoms with E-state index in [1.165, 1.54) is 0 Å². The maximum atomic E-state index is 11.7. The van der Waals surface area contributed by atoms with Crippen LogP contribution in [0.1, 0.15) is 16.7 Å². The zero-order valence-corrected chi connectivity index (χ0v) is 16.5. The van der Waals surface area contributed by atoms with Crippen LogP contribution in [0.25, 0.3) is 0 Å². The second kappa shape index (κ2) is 10.1. The van der Waals surface area contributed by atoms with Gasteiger partial charge in [-0.25, -0.2) is 4.79 Å². The molecule has 2 nitrogen and oxygen atoms in total. The number of halogens is 1. The van der Waals surface area contributed by atoms with Crippen molar-refractivity contribution in [2.24, 2.45) is 0 Å². The molecule has 0 radical (unpaired) electrons. The van der Waals surface area contributed by atoms with Crippen LogP contribution in [-0.4, -0.2) is 12.1 Å². The number of ether oxygens (including phenoxy) is 1. The fourth-order valence-electron chi connectivity index (χ4n) is 2.96. The summed E-state index contributed by atoms with van der Waals surface area (Å²) in [5, 5.41) is 0. The van der Waals surface area contributed by atoms with Crippen molar-refractivity contribution in [2.75, 3.05) is 6.66 Å². The van der Waals surface area contributed by atoms with Gasteiger partial charge in [0.1, 0.15) is 0 Å². The molecule has 26 heavy (non-hydrogen) atoms. The predicted octanol–water partition coefficient (Wildman–Crippen LogP) is 6.04. The number of benzene rings is 3. The van der Waals surface area contributed by atoms with Crippen molar-refractivity contribution < 1.29 is 9.53 Å². The fourth-order valence-corrected chi connectivity index (χ4v) is 3.09. The number of carbonyl (C=O) groups excluding carboxylic acids is 1. The molecule has 0 aliphatic heterocycles. The lowest BCUT2D eigenvalue weighted by molar-refractivity contribution is 0.0573. The van der Waals surface area contributed by atoms with Crippen molar-refractivity contribution in [2.45, 2.75) is 12.0 Å². The van der Waals surface area contributed by atoms with Gasteiger partial charge >= 0.3 is 5.43 Å². The van der Waals surface area contributed by atoms with Crippen molar-refractivity contribution in [3.05, 3.63) is 108 Å². The Labute approximate surface area is 162 Å². The second-order valence-electron chi connectivity index (χ2n) is 5.56. The Morgan fingerprint density at radius 2 is 1.19 bits per heavy atom. The van der Waals surface area contributed by atoms with Crippen LogP contribution in [-0.2, 0) is 16.8 Å². The van der Waals surface area contributed by atoms with E-state index in [4.69, 9.17) is 16.3 Å². The number of carbonyl (C=O) groups is 1. The first-order valence-electron chi connectivity index (χ1n) is 8.32. The largest absolute Gasteiger partial charge is 0.437 e. The van der Waals surface area contributed by atoms with Crippen LogP contribution in [0.3, 0.4) is 0 Å². The highest BCUT2D eigenvalue weighted by atomic mass is 35.5. The van der Waals surface area contributed by atoms with E-state index in [0.717, 1.165) is 16.7 Å². The summed E-state index contributed by atoms with van der Waals surface area (Å²) in [6.07, 6.45) is 0.500. The summed E-state index contributed by atoms with van der Waals surface area (Å²) in [6, 6.07) is 29.3. The lowest BCUT2D eigenvalue weighted by atomic mass is 9.81. The summed E-state index contributed by atoms with van der Waals surface area (Å²) in [7, 11) is 2.42. The first-order valence-corrected chi connectivity index (χ1v) is 9.85. The van der Waals surface area contributed by atoms with Gasteiger partial charge in [0.25, 0.3) is 0 Å². The third kappa shape index (κ3) is 4.94. The van der Waals surface area contributed by atoms with Gasteiger partial charge in [-0.05, 0) is 5.56 Å². The Hall–Kier alpha value is -2.15. The van der Waals surface area contributed by atoms with Crippen molar-refractivity contribution >= 4 is 26.3 Å². The van der Waals surface area contributed by atoms with Gasteiger partial charge in [-0.2, -0.15) is 0 Å². The van der Waals surface area contributed by atoms with Gasteiger partial charge in [-0.15, -0.1) is 9.24 Å². The van der Waals surface area contributed by atoms with Crippen LogP contribution in [0.15, 0.2) is 91.0 Å². The molecule has 3 aromatic carbocycles. The number of hydrogen-bond acceptors (Lipinski definition) is 2. The summed E-state index contributed by atoms with van der Waals surface area (Å²) in [4.78, 5) is 11.7. The van der Waals surface area contributed by atoms with E-state index in [1.807, 2.05) is 97.7 Å². The van der Waals surface area contributed by atoms with Crippen LogP contribution < -0.4 is 0 Å². The molecule has 0 amide bonds. The molecular formula is C22H22ClO2P. The van der Waals surface area contributed by atoms with Crippen LogP contribution in [0.2, 0.25) is 0 Å². The van der Waals surface area contributed by atoms with Crippen LogP contribution >= 0.6 is 20.8 Å². The average molecular weight is 385 g/mol. The minimum atomic E-state index is -0.970. The normalized spacial score (nSPS) is 10.4. The van der Waals surface area contributed by atoms with Gasteiger partial charge in [-0.1, -0.05) is 97.7 Å². The lowest BCUT2D eigenvalue weighted by Gasteiger charge is -2.34. The molecule has 1 atom stereocenters. The highest BCUT2D eigenvalue weighted by Gasteiger charge is 2.38. The molecule has 0 heterocycles. The van der Waals surface area contributed by atoms with E-state index >= 15 is 0 Å². The molecule has 3 rings (SSSR count). The molecule has 4 heteroatoms. The van der Waals surface area contributed by atoms with Gasteiger partial charge in [0.05, 0.1) is 0 Å². The average Bonchev–Trinajstić information content (AvgIpc) is 2.71. The van der Waals surface area contributed by atoms with E-state index in [1.54, 1.807) is 0 Å². The summed E-state index contributed by atoms with van der Waals surface area (Å²) >= 11 is 5.67. The van der Waals surface area contributed by atoms with E-state index in [2.05, 4.69) is 9.24 Å². The fraction of sp³-hybridized carbons (Fsp3) is 0.136. The molecule has 0 aliphatic rings. The molecule has 0 aromatic heterocycles. The van der Waals surface area contributed by atoms with Gasteiger partial charge in [0, 0.05) is 29.1 Å². The molecule has 1 unspecified atom stereocenters. The van der Waals surface area contributed by atoms with Crippen molar-refractivity contribution in [3.8, 4) is 0 Å². The van der Waals surface area contributed by atoms with Crippen molar-refractivity contribution in [3.63, 3.8) is 0 Å². The zero-order valence-electron chi connectivity index (χ0n) is 14.6. The van der Waals surface area contributed by atoms with Gasteiger partial charge in [0.15, 0.2) is 5.60 Å². The SMILES string of the molecule is CP.O=C(Cl)OC(Cc1ccccc1)(c1ccccc1)c1ccccc1. The minimum Gasteiger partial charge on any atom is -0.437 e. The van der Waals surface area contributed by atoms with Gasteiger partial charge in [-0.3, -0.25) is 0 Å². The molecule has 0 N–H and O–H groups in total. The maximum Gasteiger partial charge on any atom is 0.405 e. The molecule has 0 aliphatic carbocycles. The van der Waals surface area contributed by atoms with Crippen LogP contribution in [0.5, 0.6) is 0 Å². The smallest absolute Gasteiger partial charge is 0.405 e. The third-order valence-corrected chi connectivity index (χ3v) is 4.11. The maximum absolute atomic E-state index is 11.7. The Morgan fingerprint density at radius 1 is 0.808 bits per heavy atom. The lowest BCUT2D eigenvalue weighted by Crippen LogP contribution is -2.35. The molecule has 134 valence electrons. The molecule has 3 aromatic rings. The highest BCUT2D eigenvalue weighted by molar-refractivity contribution is 7.15. The Morgan fingerprint density at radius 3 is 1.58 bits per heavy atom. The van der Waals surface area contributed by atoms with Gasteiger partial charge < -0.3 is 4.74 Å². The first-order chi connectivity index (χ1) is 12.7. The number of rotatable bonds is 5. The number of hydrogen-bond donors (Lipinski definition) is 0. The Kier molecular flexibility index (Phi) is 7.84. The summed E-state index contributed by atoms with van der Waals surface area (Å²) in [5.41, 5.74) is 1.03. The molecule has 0 bridgehead atoms. The van der Waals surface area contributed by atoms with Crippen molar-refractivity contribution in [1.29, 1.82) is 0 Å². The van der Waals surface area contributed by atoms with E-state index < -0.39 is 11.0 Å². The predicted molar refractivity (Wildman–Crippen MR) is 112 cm³/mol. The molecule has 0 spiro atoms. The van der Waals surface area contributed by atoms with Crippen LogP contribution in [0.4, 0.5) is 4.79 Å². The zero-order chi connectivity index (χ0) is 18.8. The quantitative estimate of drug-likeness (QED) is 0.396. The standard InChI is InChI=1S/C21H17ClO2.CH5P/c22-20(23)24-21(18-12-6-2-7-13-18,19-14-8-3-9-15-19)16-17-10-4-1-5-11-17;1-2/h1-15H,16H2;2H2,1H3. The third-order valence-electron chi connectivity index (χ3n) is 4.03. The Bertz CT molecular complexity index is 753. The topological polar surface area (TPSA) is 26.3 Å². The van der Waals surface area contributed by atoms with E-state index in [0.29, 0.717) is 6.42 Å². The highest BCUT2D eigenvalue weighted by Crippen LogP contribution is 2.37. The van der Waals surface area contributed by atoms with E-state index in [-0.39, 0.29) is 0 Å². The molecule has 0 fully saturated rings.